The number of hydrogen-bond donors (Lipinski definition) is 1. The lowest BCUT2D eigenvalue weighted by Crippen LogP contribution is -2.45. The van der Waals surface area contributed by atoms with E-state index >= 15 is 0 Å². The van der Waals surface area contributed by atoms with Gasteiger partial charge >= 0.3 is 12.4 Å². The van der Waals surface area contributed by atoms with Gasteiger partial charge in [0.1, 0.15) is 11.8 Å². The van der Waals surface area contributed by atoms with Crippen LogP contribution < -0.4 is 15.0 Å². The van der Waals surface area contributed by atoms with E-state index in [9.17, 15) is 22.8 Å². The van der Waals surface area contributed by atoms with Gasteiger partial charge in [-0.25, -0.2) is 4.79 Å². The molecular weight excluding hydrogens is 315 g/mol. The van der Waals surface area contributed by atoms with Crippen LogP contribution in [-0.4, -0.2) is 49.9 Å². The van der Waals surface area contributed by atoms with E-state index in [0.29, 0.717) is 18.7 Å². The normalized spacial score (nSPS) is 18.0. The Morgan fingerprint density at radius 1 is 1.39 bits per heavy atom. The van der Waals surface area contributed by atoms with Crippen LogP contribution in [0.1, 0.15) is 6.42 Å². The maximum Gasteiger partial charge on any atom is 0.573 e. The molecule has 3 amide bonds. The second kappa shape index (κ2) is 6.35. The van der Waals surface area contributed by atoms with Crippen LogP contribution in [0.4, 0.5) is 23.7 Å². The molecular formula is C14H16F3N3O3. The Morgan fingerprint density at radius 3 is 2.70 bits per heavy atom. The number of halogens is 3. The average Bonchev–Trinajstić information content (AvgIpc) is 2.78. The standard InChI is InChI=1S/C14H16F3N3O3/c1-19(2)13(22)18-11-6-7-20(12(11)21)9-4-3-5-10(8-9)23-14(15,16)17/h3-5,8,11H,6-7H2,1-2H3,(H,18,22). The number of rotatable bonds is 3. The van der Waals surface area contributed by atoms with Gasteiger partial charge < -0.3 is 19.9 Å². The lowest BCUT2D eigenvalue weighted by atomic mass is 10.2. The third kappa shape index (κ3) is 4.27. The molecule has 1 fully saturated rings. The zero-order chi connectivity index (χ0) is 17.2. The monoisotopic (exact) mass is 331 g/mol. The molecule has 0 bridgehead atoms. The lowest BCUT2D eigenvalue weighted by molar-refractivity contribution is -0.274. The second-order valence-electron chi connectivity index (χ2n) is 5.22. The fraction of sp³-hybridized carbons (Fsp3) is 0.429. The molecule has 1 aromatic carbocycles. The number of urea groups is 1. The van der Waals surface area contributed by atoms with Gasteiger partial charge in [-0.1, -0.05) is 6.07 Å². The summed E-state index contributed by atoms with van der Waals surface area (Å²) in [6.07, 6.45) is -4.42. The predicted octanol–water partition coefficient (Wildman–Crippen LogP) is 1.96. The number of carbonyl (C=O) groups is 2. The van der Waals surface area contributed by atoms with Crippen LogP contribution in [0, 0.1) is 0 Å². The van der Waals surface area contributed by atoms with Gasteiger partial charge in [-0.3, -0.25) is 4.79 Å². The van der Waals surface area contributed by atoms with Crippen molar-refractivity contribution in [2.75, 3.05) is 25.5 Å². The maximum absolute atomic E-state index is 12.3. The summed E-state index contributed by atoms with van der Waals surface area (Å²) in [6.45, 7) is 0.298. The number of nitrogens with one attached hydrogen (secondary N) is 1. The molecule has 2 rings (SSSR count). The molecule has 1 aromatic rings. The number of nitrogens with zero attached hydrogens (tertiary/aromatic N) is 2. The first-order chi connectivity index (χ1) is 10.7. The van der Waals surface area contributed by atoms with Crippen molar-refractivity contribution in [3.63, 3.8) is 0 Å². The Bertz CT molecular complexity index is 604. The fourth-order valence-electron chi connectivity index (χ4n) is 2.20. The fourth-order valence-corrected chi connectivity index (χ4v) is 2.20. The summed E-state index contributed by atoms with van der Waals surface area (Å²) >= 11 is 0. The second-order valence-corrected chi connectivity index (χ2v) is 5.22. The molecule has 1 aliphatic rings. The van der Waals surface area contributed by atoms with E-state index in [1.807, 2.05) is 0 Å². The highest BCUT2D eigenvalue weighted by Gasteiger charge is 2.35. The largest absolute Gasteiger partial charge is 0.573 e. The molecule has 23 heavy (non-hydrogen) atoms. The molecule has 0 saturated carbocycles. The molecule has 0 radical (unpaired) electrons. The molecule has 1 saturated heterocycles. The topological polar surface area (TPSA) is 61.9 Å². The van der Waals surface area contributed by atoms with Crippen LogP contribution >= 0.6 is 0 Å². The van der Waals surface area contributed by atoms with Crippen LogP contribution in [-0.2, 0) is 4.79 Å². The molecule has 6 nitrogen and oxygen atoms in total. The van der Waals surface area contributed by atoms with Crippen molar-refractivity contribution in [2.45, 2.75) is 18.8 Å². The summed E-state index contributed by atoms with van der Waals surface area (Å²) in [4.78, 5) is 26.5. The average molecular weight is 331 g/mol. The highest BCUT2D eigenvalue weighted by atomic mass is 19.4. The minimum absolute atomic E-state index is 0.290. The molecule has 1 heterocycles. The van der Waals surface area contributed by atoms with Crippen LogP contribution in [0.2, 0.25) is 0 Å². The van der Waals surface area contributed by atoms with Crippen LogP contribution in [0.3, 0.4) is 0 Å². The van der Waals surface area contributed by atoms with E-state index in [1.54, 1.807) is 14.1 Å². The van der Waals surface area contributed by atoms with Crippen LogP contribution in [0.15, 0.2) is 24.3 Å². The van der Waals surface area contributed by atoms with Gasteiger partial charge in [0.05, 0.1) is 0 Å². The van der Waals surface area contributed by atoms with E-state index < -0.39 is 24.2 Å². The lowest BCUT2D eigenvalue weighted by Gasteiger charge is -2.19. The van der Waals surface area contributed by atoms with Gasteiger partial charge in [0, 0.05) is 32.4 Å². The molecule has 9 heteroatoms. The number of hydrogen-bond acceptors (Lipinski definition) is 3. The Morgan fingerprint density at radius 2 is 2.09 bits per heavy atom. The van der Waals surface area contributed by atoms with E-state index in [-0.39, 0.29) is 5.91 Å². The van der Waals surface area contributed by atoms with Gasteiger partial charge in [0.15, 0.2) is 0 Å². The summed E-state index contributed by atoms with van der Waals surface area (Å²) in [5.74, 6) is -0.770. The number of ether oxygens (including phenoxy) is 1. The van der Waals surface area contributed by atoms with Crippen molar-refractivity contribution in [3.05, 3.63) is 24.3 Å². The minimum atomic E-state index is -4.80. The van der Waals surface area contributed by atoms with Gasteiger partial charge in [0.25, 0.3) is 0 Å². The maximum atomic E-state index is 12.3. The highest BCUT2D eigenvalue weighted by molar-refractivity contribution is 6.01. The minimum Gasteiger partial charge on any atom is -0.406 e. The molecule has 1 aliphatic heterocycles. The quantitative estimate of drug-likeness (QED) is 0.921. The summed E-state index contributed by atoms with van der Waals surface area (Å²) in [6, 6.07) is 4.08. The summed E-state index contributed by atoms with van der Waals surface area (Å²) in [7, 11) is 3.09. The highest BCUT2D eigenvalue weighted by Crippen LogP contribution is 2.29. The van der Waals surface area contributed by atoms with Gasteiger partial charge in [-0.05, 0) is 18.6 Å². The SMILES string of the molecule is CN(C)C(=O)NC1CCN(c2cccc(OC(F)(F)F)c2)C1=O. The smallest absolute Gasteiger partial charge is 0.406 e. The molecule has 1 unspecified atom stereocenters. The van der Waals surface area contributed by atoms with E-state index in [0.717, 1.165) is 12.1 Å². The molecule has 1 N–H and O–H groups in total. The van der Waals surface area contributed by atoms with E-state index in [1.165, 1.54) is 21.9 Å². The van der Waals surface area contributed by atoms with E-state index in [2.05, 4.69) is 10.1 Å². The van der Waals surface area contributed by atoms with Crippen molar-refractivity contribution < 1.29 is 27.5 Å². The Labute approximate surface area is 130 Å². The van der Waals surface area contributed by atoms with Crippen LogP contribution in [0.5, 0.6) is 5.75 Å². The molecule has 126 valence electrons. The number of amides is 3. The van der Waals surface area contributed by atoms with Crippen LogP contribution in [0.25, 0.3) is 0 Å². The van der Waals surface area contributed by atoms with E-state index in [4.69, 9.17) is 0 Å². The first-order valence-corrected chi connectivity index (χ1v) is 6.82. The third-order valence-corrected chi connectivity index (χ3v) is 3.27. The zero-order valence-corrected chi connectivity index (χ0v) is 12.6. The Hall–Kier alpha value is -2.45. The first kappa shape index (κ1) is 16.9. The van der Waals surface area contributed by atoms with Crippen molar-refractivity contribution >= 4 is 17.6 Å². The molecule has 0 aliphatic carbocycles. The predicted molar refractivity (Wildman–Crippen MR) is 76.1 cm³/mol. The summed E-state index contributed by atoms with van der Waals surface area (Å²) in [5.41, 5.74) is 0.290. The van der Waals surface area contributed by atoms with Crippen molar-refractivity contribution in [3.8, 4) is 5.75 Å². The molecule has 0 spiro atoms. The number of benzene rings is 1. The molecule has 1 atom stereocenters. The van der Waals surface area contributed by atoms with Gasteiger partial charge in [0.2, 0.25) is 5.91 Å². The summed E-state index contributed by atoms with van der Waals surface area (Å²) < 4.78 is 40.6. The van der Waals surface area contributed by atoms with Crippen molar-refractivity contribution in [2.24, 2.45) is 0 Å². The molecule has 0 aromatic heterocycles. The van der Waals surface area contributed by atoms with Crippen molar-refractivity contribution in [1.29, 1.82) is 0 Å². The Balaban J connectivity index is 2.10. The number of anilines is 1. The number of alkyl halides is 3. The zero-order valence-electron chi connectivity index (χ0n) is 12.6. The first-order valence-electron chi connectivity index (χ1n) is 6.82. The third-order valence-electron chi connectivity index (χ3n) is 3.27. The van der Waals surface area contributed by atoms with Gasteiger partial charge in [-0.15, -0.1) is 13.2 Å². The van der Waals surface area contributed by atoms with Crippen molar-refractivity contribution in [1.82, 2.24) is 10.2 Å². The number of carbonyl (C=O) groups excluding carboxylic acids is 2. The van der Waals surface area contributed by atoms with Gasteiger partial charge in [-0.2, -0.15) is 0 Å². The Kier molecular flexibility index (Phi) is 4.67. The summed E-state index contributed by atoms with van der Waals surface area (Å²) in [5, 5.41) is 2.57.